The van der Waals surface area contributed by atoms with Gasteiger partial charge in [0, 0.05) is 19.0 Å². The molecule has 1 amide bonds. The van der Waals surface area contributed by atoms with Gasteiger partial charge in [-0.15, -0.1) is 0 Å². The minimum Gasteiger partial charge on any atom is -0.350 e. The van der Waals surface area contributed by atoms with Crippen molar-refractivity contribution < 1.29 is 4.79 Å². The first-order chi connectivity index (χ1) is 8.11. The molecule has 3 nitrogen and oxygen atoms in total. The molecule has 0 aliphatic carbocycles. The van der Waals surface area contributed by atoms with Crippen LogP contribution in [0.25, 0.3) is 10.9 Å². The first-order valence-electron chi connectivity index (χ1n) is 5.34. The Labute approximate surface area is 108 Å². The summed E-state index contributed by atoms with van der Waals surface area (Å²) in [7, 11) is 1.84. The molecular weight excluding hydrogens is 259 g/mol. The fourth-order valence-electron chi connectivity index (χ4n) is 2.48. The van der Waals surface area contributed by atoms with Gasteiger partial charge in [0.1, 0.15) is 5.69 Å². The summed E-state index contributed by atoms with van der Waals surface area (Å²) in [6.07, 6.45) is 0.830. The van der Waals surface area contributed by atoms with Gasteiger partial charge >= 0.3 is 0 Å². The van der Waals surface area contributed by atoms with E-state index in [1.54, 1.807) is 6.07 Å². The van der Waals surface area contributed by atoms with Gasteiger partial charge in [0.05, 0.1) is 15.6 Å². The third kappa shape index (κ3) is 1.39. The summed E-state index contributed by atoms with van der Waals surface area (Å²) >= 11 is 12.2. The SMILES string of the molecule is Cn1c2c(c3ccc(Cl)c(Cl)c31)CCNC2=O. The molecule has 17 heavy (non-hydrogen) atoms. The number of rotatable bonds is 0. The lowest BCUT2D eigenvalue weighted by molar-refractivity contribution is 0.0938. The summed E-state index contributed by atoms with van der Waals surface area (Å²) in [5, 5.41) is 4.88. The number of halogens is 2. The predicted octanol–water partition coefficient (Wildman–Crippen LogP) is 2.77. The highest BCUT2D eigenvalue weighted by Gasteiger charge is 2.25. The Kier molecular flexibility index (Phi) is 2.35. The molecule has 1 aliphatic heterocycles. The standard InChI is InChI=1S/C12H10Cl2N2O/c1-16-10-6(2-3-8(13)9(10)14)7-4-5-15-12(17)11(7)16/h2-3H,4-5H2,1H3,(H,15,17). The van der Waals surface area contributed by atoms with Crippen LogP contribution in [0, 0.1) is 0 Å². The second-order valence-corrected chi connectivity index (χ2v) is 4.93. The predicted molar refractivity (Wildman–Crippen MR) is 69.0 cm³/mol. The van der Waals surface area contributed by atoms with Gasteiger partial charge in [-0.3, -0.25) is 4.79 Å². The van der Waals surface area contributed by atoms with E-state index in [-0.39, 0.29) is 5.91 Å². The zero-order valence-corrected chi connectivity index (χ0v) is 10.7. The Morgan fingerprint density at radius 1 is 1.35 bits per heavy atom. The molecule has 0 saturated heterocycles. The van der Waals surface area contributed by atoms with Gasteiger partial charge in [0.2, 0.25) is 0 Å². The van der Waals surface area contributed by atoms with Crippen molar-refractivity contribution >= 4 is 40.0 Å². The average Bonchev–Trinajstić information content (AvgIpc) is 2.59. The van der Waals surface area contributed by atoms with Crippen molar-refractivity contribution in [1.29, 1.82) is 0 Å². The van der Waals surface area contributed by atoms with Crippen LogP contribution in [0.3, 0.4) is 0 Å². The molecule has 2 heterocycles. The van der Waals surface area contributed by atoms with Crippen molar-refractivity contribution in [2.45, 2.75) is 6.42 Å². The number of hydrogen-bond donors (Lipinski definition) is 1. The van der Waals surface area contributed by atoms with Gasteiger partial charge < -0.3 is 9.88 Å². The van der Waals surface area contributed by atoms with E-state index in [9.17, 15) is 4.79 Å². The van der Waals surface area contributed by atoms with Gasteiger partial charge in [-0.05, 0) is 18.1 Å². The summed E-state index contributed by atoms with van der Waals surface area (Å²) < 4.78 is 1.83. The van der Waals surface area contributed by atoms with Crippen LogP contribution in [0.1, 0.15) is 16.1 Å². The van der Waals surface area contributed by atoms with Crippen LogP contribution in [0.4, 0.5) is 0 Å². The van der Waals surface area contributed by atoms with Crippen molar-refractivity contribution in [2.24, 2.45) is 7.05 Å². The first kappa shape index (κ1) is 10.9. The molecule has 0 radical (unpaired) electrons. The molecule has 1 aromatic carbocycles. The maximum Gasteiger partial charge on any atom is 0.268 e. The van der Waals surface area contributed by atoms with E-state index < -0.39 is 0 Å². The maximum absolute atomic E-state index is 11.9. The molecule has 0 bridgehead atoms. The number of aromatic nitrogens is 1. The first-order valence-corrected chi connectivity index (χ1v) is 6.10. The molecule has 88 valence electrons. The molecule has 0 spiro atoms. The molecule has 1 aromatic heterocycles. The number of nitrogens with one attached hydrogen (secondary N) is 1. The van der Waals surface area contributed by atoms with Crippen molar-refractivity contribution in [3.63, 3.8) is 0 Å². The fraction of sp³-hybridized carbons (Fsp3) is 0.250. The maximum atomic E-state index is 11.9. The van der Waals surface area contributed by atoms with E-state index in [1.807, 2.05) is 17.7 Å². The quantitative estimate of drug-likeness (QED) is 0.784. The van der Waals surface area contributed by atoms with E-state index in [1.165, 1.54) is 0 Å². The van der Waals surface area contributed by atoms with E-state index in [0.29, 0.717) is 22.3 Å². The molecule has 1 aliphatic rings. The van der Waals surface area contributed by atoms with Crippen molar-refractivity contribution in [2.75, 3.05) is 6.54 Å². The van der Waals surface area contributed by atoms with Crippen LogP contribution in [0.2, 0.25) is 10.0 Å². The summed E-state index contributed by atoms with van der Waals surface area (Å²) in [5.41, 5.74) is 2.58. The van der Waals surface area contributed by atoms with Gasteiger partial charge in [-0.1, -0.05) is 29.3 Å². The van der Waals surface area contributed by atoms with Gasteiger partial charge in [-0.2, -0.15) is 0 Å². The summed E-state index contributed by atoms with van der Waals surface area (Å²) in [6, 6.07) is 3.71. The second kappa shape index (κ2) is 3.65. The average molecular weight is 269 g/mol. The molecule has 3 rings (SSSR count). The number of carbonyl (C=O) groups is 1. The Bertz CT molecular complexity index is 646. The van der Waals surface area contributed by atoms with Crippen LogP contribution in [0.5, 0.6) is 0 Å². The highest BCUT2D eigenvalue weighted by atomic mass is 35.5. The van der Waals surface area contributed by atoms with Crippen molar-refractivity contribution in [3.8, 4) is 0 Å². The largest absolute Gasteiger partial charge is 0.350 e. The molecule has 5 heteroatoms. The molecular formula is C12H10Cl2N2O. The van der Waals surface area contributed by atoms with E-state index in [4.69, 9.17) is 23.2 Å². The zero-order chi connectivity index (χ0) is 12.2. The Balaban J connectivity index is 2.48. The number of hydrogen-bond acceptors (Lipinski definition) is 1. The third-order valence-corrected chi connectivity index (χ3v) is 4.02. The Morgan fingerprint density at radius 3 is 2.88 bits per heavy atom. The third-order valence-electron chi connectivity index (χ3n) is 3.23. The molecule has 2 aromatic rings. The van der Waals surface area contributed by atoms with Crippen LogP contribution in [0.15, 0.2) is 12.1 Å². The summed E-state index contributed by atoms with van der Waals surface area (Å²) in [4.78, 5) is 11.9. The number of aryl methyl sites for hydroxylation is 1. The monoisotopic (exact) mass is 268 g/mol. The highest BCUT2D eigenvalue weighted by Crippen LogP contribution is 2.36. The smallest absolute Gasteiger partial charge is 0.268 e. The van der Waals surface area contributed by atoms with Crippen LogP contribution in [-0.4, -0.2) is 17.0 Å². The lowest BCUT2D eigenvalue weighted by Gasteiger charge is -2.13. The van der Waals surface area contributed by atoms with Gasteiger partial charge in [-0.25, -0.2) is 0 Å². The minimum atomic E-state index is -0.0443. The van der Waals surface area contributed by atoms with Gasteiger partial charge in [0.15, 0.2) is 0 Å². The van der Waals surface area contributed by atoms with E-state index in [2.05, 4.69) is 5.32 Å². The van der Waals surface area contributed by atoms with E-state index >= 15 is 0 Å². The Hall–Kier alpha value is -1.19. The topological polar surface area (TPSA) is 34.0 Å². The Morgan fingerprint density at radius 2 is 2.12 bits per heavy atom. The lowest BCUT2D eigenvalue weighted by atomic mass is 10.0. The van der Waals surface area contributed by atoms with E-state index in [0.717, 1.165) is 22.9 Å². The number of carbonyl (C=O) groups excluding carboxylic acids is 1. The van der Waals surface area contributed by atoms with Gasteiger partial charge in [0.25, 0.3) is 5.91 Å². The number of fused-ring (bicyclic) bond motifs is 3. The number of amides is 1. The second-order valence-electron chi connectivity index (χ2n) is 4.15. The highest BCUT2D eigenvalue weighted by molar-refractivity contribution is 6.45. The number of benzene rings is 1. The summed E-state index contributed by atoms with van der Waals surface area (Å²) in [6.45, 7) is 0.672. The zero-order valence-electron chi connectivity index (χ0n) is 9.18. The number of nitrogens with zero attached hydrogens (tertiary/aromatic N) is 1. The lowest BCUT2D eigenvalue weighted by Crippen LogP contribution is -2.32. The molecule has 0 atom stereocenters. The molecule has 0 unspecified atom stereocenters. The molecule has 1 N–H and O–H groups in total. The van der Waals surface area contributed by atoms with Crippen molar-refractivity contribution in [3.05, 3.63) is 33.4 Å². The molecule has 0 fully saturated rings. The van der Waals surface area contributed by atoms with Crippen LogP contribution < -0.4 is 5.32 Å². The summed E-state index contributed by atoms with van der Waals surface area (Å²) in [5.74, 6) is -0.0443. The van der Waals surface area contributed by atoms with Crippen molar-refractivity contribution in [1.82, 2.24) is 9.88 Å². The van der Waals surface area contributed by atoms with Crippen LogP contribution >= 0.6 is 23.2 Å². The normalized spacial score (nSPS) is 14.9. The van der Waals surface area contributed by atoms with Crippen LogP contribution in [-0.2, 0) is 13.5 Å². The fourth-order valence-corrected chi connectivity index (χ4v) is 2.92. The molecule has 0 saturated carbocycles. The minimum absolute atomic E-state index is 0.0443.